The van der Waals surface area contributed by atoms with E-state index in [0.717, 1.165) is 34.4 Å². The fraction of sp³-hybridized carbons (Fsp3) is 0.160. The molecule has 5 rings (SSSR count). The first-order chi connectivity index (χ1) is 15.6. The van der Waals surface area contributed by atoms with Crippen LogP contribution in [-0.2, 0) is 13.1 Å². The second kappa shape index (κ2) is 7.85. The molecule has 0 saturated heterocycles. The molecule has 4 aromatic rings. The van der Waals surface area contributed by atoms with Crippen molar-refractivity contribution in [3.63, 3.8) is 0 Å². The summed E-state index contributed by atoms with van der Waals surface area (Å²) >= 11 is 0. The minimum atomic E-state index is -0.0683. The maximum atomic E-state index is 13.3. The maximum absolute atomic E-state index is 13.3. The Morgan fingerprint density at radius 2 is 1.84 bits per heavy atom. The fourth-order valence-electron chi connectivity index (χ4n) is 4.15. The molecular formula is C25H21N3O4. The zero-order chi connectivity index (χ0) is 22.2. The molecule has 0 saturated carbocycles. The van der Waals surface area contributed by atoms with Gasteiger partial charge in [0, 0.05) is 22.8 Å². The molecule has 32 heavy (non-hydrogen) atoms. The molecule has 7 heteroatoms. The minimum absolute atomic E-state index is 0.0683. The number of hydrogen-bond acceptors (Lipinski definition) is 5. The van der Waals surface area contributed by atoms with Gasteiger partial charge in [-0.05, 0) is 24.3 Å². The summed E-state index contributed by atoms with van der Waals surface area (Å²) in [5.74, 6) is 1.29. The van der Waals surface area contributed by atoms with Gasteiger partial charge in [-0.3, -0.25) is 14.0 Å². The lowest BCUT2D eigenvalue weighted by molar-refractivity contribution is 0.0699. The Hall–Kier alpha value is -4.13. The van der Waals surface area contributed by atoms with E-state index >= 15 is 0 Å². The summed E-state index contributed by atoms with van der Waals surface area (Å²) in [6.45, 7) is 0.786. The van der Waals surface area contributed by atoms with Gasteiger partial charge in [-0.1, -0.05) is 30.3 Å². The monoisotopic (exact) mass is 427 g/mol. The van der Waals surface area contributed by atoms with Gasteiger partial charge in [-0.25, -0.2) is 4.98 Å². The molecule has 160 valence electrons. The first kappa shape index (κ1) is 19.8. The van der Waals surface area contributed by atoms with E-state index in [2.05, 4.69) is 0 Å². The van der Waals surface area contributed by atoms with Crippen LogP contribution in [0.3, 0.4) is 0 Å². The first-order valence-corrected chi connectivity index (χ1v) is 10.2. The molecule has 3 heterocycles. The Balaban J connectivity index is 1.57. The van der Waals surface area contributed by atoms with E-state index in [1.165, 1.54) is 0 Å². The van der Waals surface area contributed by atoms with Crippen molar-refractivity contribution in [3.8, 4) is 22.8 Å². The van der Waals surface area contributed by atoms with Crippen LogP contribution >= 0.6 is 0 Å². The number of nitrogens with zero attached hydrogens (tertiary/aromatic N) is 3. The second-order valence-electron chi connectivity index (χ2n) is 7.59. The number of aromatic nitrogens is 2. The minimum Gasteiger partial charge on any atom is -0.497 e. The number of carbonyl (C=O) groups excluding carboxylic acids is 2. The van der Waals surface area contributed by atoms with Crippen LogP contribution in [-0.4, -0.2) is 40.7 Å². The van der Waals surface area contributed by atoms with Gasteiger partial charge in [-0.2, -0.15) is 0 Å². The summed E-state index contributed by atoms with van der Waals surface area (Å²) in [5, 5.41) is 0. The lowest BCUT2D eigenvalue weighted by atomic mass is 10.1. The number of hydrogen-bond donors (Lipinski definition) is 0. The van der Waals surface area contributed by atoms with Gasteiger partial charge in [0.2, 0.25) is 0 Å². The van der Waals surface area contributed by atoms with Crippen molar-refractivity contribution in [1.82, 2.24) is 14.3 Å². The van der Waals surface area contributed by atoms with Gasteiger partial charge in [0.15, 0.2) is 0 Å². The Labute approximate surface area is 184 Å². The van der Waals surface area contributed by atoms with Gasteiger partial charge in [0.1, 0.15) is 29.1 Å². The summed E-state index contributed by atoms with van der Waals surface area (Å²) in [6.07, 6.45) is 0.818. The van der Waals surface area contributed by atoms with E-state index in [0.29, 0.717) is 35.8 Å². The molecule has 0 N–H and O–H groups in total. The number of pyridine rings is 1. The number of aldehydes is 1. The number of ether oxygens (including phenoxy) is 2. The molecular weight excluding hydrogens is 406 g/mol. The average molecular weight is 427 g/mol. The molecule has 0 bridgehead atoms. The van der Waals surface area contributed by atoms with E-state index in [-0.39, 0.29) is 5.91 Å². The molecule has 2 aromatic heterocycles. The predicted molar refractivity (Wildman–Crippen MR) is 119 cm³/mol. The van der Waals surface area contributed by atoms with Crippen LogP contribution in [0.25, 0.3) is 16.9 Å². The highest BCUT2D eigenvalue weighted by atomic mass is 16.5. The van der Waals surface area contributed by atoms with Crippen LogP contribution in [0.4, 0.5) is 0 Å². The molecule has 1 aliphatic heterocycles. The van der Waals surface area contributed by atoms with Gasteiger partial charge in [0.05, 0.1) is 38.7 Å². The summed E-state index contributed by atoms with van der Waals surface area (Å²) < 4.78 is 12.7. The number of methoxy groups -OCH3 is 2. The quantitative estimate of drug-likeness (QED) is 0.435. The van der Waals surface area contributed by atoms with Crippen molar-refractivity contribution < 1.29 is 19.1 Å². The van der Waals surface area contributed by atoms with Crippen LogP contribution < -0.4 is 9.47 Å². The van der Waals surface area contributed by atoms with Gasteiger partial charge in [-0.15, -0.1) is 0 Å². The van der Waals surface area contributed by atoms with Crippen molar-refractivity contribution in [2.24, 2.45) is 0 Å². The lowest BCUT2D eigenvalue weighted by Crippen LogP contribution is -2.36. The van der Waals surface area contributed by atoms with Crippen molar-refractivity contribution in [2.45, 2.75) is 13.1 Å². The van der Waals surface area contributed by atoms with Crippen LogP contribution in [0.1, 0.15) is 32.1 Å². The molecule has 2 aromatic carbocycles. The highest BCUT2D eigenvalue weighted by Gasteiger charge is 2.30. The molecule has 1 amide bonds. The summed E-state index contributed by atoms with van der Waals surface area (Å²) in [4.78, 5) is 31.0. The Bertz CT molecular complexity index is 1340. The third-order valence-electron chi connectivity index (χ3n) is 5.76. The lowest BCUT2D eigenvalue weighted by Gasteiger charge is -2.28. The van der Waals surface area contributed by atoms with Crippen LogP contribution in [0.5, 0.6) is 11.5 Å². The van der Waals surface area contributed by atoms with Crippen LogP contribution in [0.15, 0.2) is 60.7 Å². The van der Waals surface area contributed by atoms with Crippen molar-refractivity contribution in [2.75, 3.05) is 14.2 Å². The van der Waals surface area contributed by atoms with Crippen molar-refractivity contribution in [1.29, 1.82) is 0 Å². The predicted octanol–water partition coefficient (Wildman–Crippen LogP) is 3.99. The second-order valence-corrected chi connectivity index (χ2v) is 7.59. The first-order valence-electron chi connectivity index (χ1n) is 10.2. The van der Waals surface area contributed by atoms with E-state index < -0.39 is 0 Å². The highest BCUT2D eigenvalue weighted by Crippen LogP contribution is 2.33. The smallest absolute Gasteiger partial charge is 0.271 e. The van der Waals surface area contributed by atoms with E-state index in [4.69, 9.17) is 14.5 Å². The van der Waals surface area contributed by atoms with Crippen molar-refractivity contribution >= 4 is 17.8 Å². The van der Waals surface area contributed by atoms with Crippen LogP contribution in [0.2, 0.25) is 0 Å². The van der Waals surface area contributed by atoms with E-state index in [1.807, 2.05) is 52.9 Å². The third kappa shape index (κ3) is 3.19. The summed E-state index contributed by atoms with van der Waals surface area (Å²) in [6, 6.07) is 18.5. The molecule has 0 fully saturated rings. The number of amides is 1. The maximum Gasteiger partial charge on any atom is 0.271 e. The van der Waals surface area contributed by atoms with E-state index in [1.54, 1.807) is 31.3 Å². The van der Waals surface area contributed by atoms with E-state index in [9.17, 15) is 9.59 Å². The topological polar surface area (TPSA) is 73.1 Å². The molecule has 1 aliphatic rings. The fourth-order valence-corrected chi connectivity index (χ4v) is 4.15. The Kier molecular flexibility index (Phi) is 4.86. The Morgan fingerprint density at radius 1 is 1.03 bits per heavy atom. The number of benzene rings is 2. The normalized spacial score (nSPS) is 12.8. The zero-order valence-corrected chi connectivity index (χ0v) is 17.7. The Morgan fingerprint density at radius 3 is 2.56 bits per heavy atom. The highest BCUT2D eigenvalue weighted by molar-refractivity contribution is 5.95. The standard InChI is InChI=1S/C25H21N3O4/c1-31-19-11-10-18(22(12-19)32-2)13-27-14-21-24(17-8-6-16(15-29)7-9-17)26-23-5-3-4-20(25(27)30)28(21)23/h3-12,15H,13-14H2,1-2H3. The van der Waals surface area contributed by atoms with Crippen molar-refractivity contribution in [3.05, 3.63) is 83.2 Å². The van der Waals surface area contributed by atoms with Gasteiger partial charge < -0.3 is 14.4 Å². The van der Waals surface area contributed by atoms with Gasteiger partial charge >= 0.3 is 0 Å². The molecule has 0 unspecified atom stereocenters. The summed E-state index contributed by atoms with van der Waals surface area (Å²) in [5.41, 5.74) is 5.42. The molecule has 0 radical (unpaired) electrons. The number of rotatable bonds is 6. The zero-order valence-electron chi connectivity index (χ0n) is 17.7. The largest absolute Gasteiger partial charge is 0.497 e. The SMILES string of the molecule is COc1ccc(CN2Cc3c(-c4ccc(C=O)cc4)nc4cccc(n34)C2=O)c(OC)c1. The average Bonchev–Trinajstić information content (AvgIpc) is 3.21. The molecule has 7 nitrogen and oxygen atoms in total. The van der Waals surface area contributed by atoms with Gasteiger partial charge in [0.25, 0.3) is 5.91 Å². The molecule has 0 spiro atoms. The molecule has 0 atom stereocenters. The number of imidazole rings is 1. The third-order valence-corrected chi connectivity index (χ3v) is 5.76. The van der Waals surface area contributed by atoms with Crippen LogP contribution in [0, 0.1) is 0 Å². The molecule has 0 aliphatic carbocycles. The summed E-state index contributed by atoms with van der Waals surface area (Å²) in [7, 11) is 3.21. The number of carbonyl (C=O) groups is 2.